The van der Waals surface area contributed by atoms with Crippen molar-refractivity contribution in [2.24, 2.45) is 0 Å². The van der Waals surface area contributed by atoms with E-state index < -0.39 is 83.6 Å². The molecule has 0 unspecified atom stereocenters. The third-order valence-corrected chi connectivity index (χ3v) is 13.0. The van der Waals surface area contributed by atoms with Gasteiger partial charge in [-0.3, -0.25) is 67.1 Å². The molecule has 0 atom stereocenters. The highest BCUT2D eigenvalue weighted by Gasteiger charge is 2.16. The van der Waals surface area contributed by atoms with Gasteiger partial charge in [0.15, 0.2) is 0 Å². The number of hydrogen-bond donors (Lipinski definition) is 2. The van der Waals surface area contributed by atoms with Crippen LogP contribution in [0.4, 0.5) is 0 Å². The summed E-state index contributed by atoms with van der Waals surface area (Å²) in [6.45, 7) is 0. The van der Waals surface area contributed by atoms with Crippen LogP contribution >= 0.6 is 0 Å². The Morgan fingerprint density at radius 2 is 0.232 bits per heavy atom. The van der Waals surface area contributed by atoms with Crippen LogP contribution in [0, 0.1) is 0 Å². The van der Waals surface area contributed by atoms with Crippen LogP contribution in [0.15, 0.2) is 0 Å². The van der Waals surface area contributed by atoms with E-state index in [-0.39, 0.29) is 89.9 Å². The lowest BCUT2D eigenvalue weighted by molar-refractivity contribution is -0.161. The molecule has 466 valence electrons. The first kappa shape index (κ1) is 75.8. The number of ether oxygens (including phenoxy) is 6. The standard InChI is InChI=1S/C60H94O22/c61-47(62)33-19-11-13-27-41-55(71)79-51(67)37-23-7-3-9-25-39-53(69)81-59(75)45-31-17-15-29-43-57(73)77-49(65)35-21-5-1-2-6-22-36-50(66)78-58(74)44-30-16-18-32-46-60(76)82-54(70)40-26-10-4-8-24-38-52(68)80-56(72)42-28-14-12-20-34-48(63)64/h1-46H2,(H,61,62)(H,63,64). The van der Waals surface area contributed by atoms with Gasteiger partial charge < -0.3 is 38.6 Å². The van der Waals surface area contributed by atoms with Crippen LogP contribution in [0.25, 0.3) is 0 Å². The lowest BCUT2D eigenvalue weighted by Crippen LogP contribution is -2.12. The van der Waals surface area contributed by atoms with E-state index in [1.54, 1.807) is 0 Å². The largest absolute Gasteiger partial charge is 0.481 e. The minimum absolute atomic E-state index is 0.0613. The third kappa shape index (κ3) is 54.4. The summed E-state index contributed by atoms with van der Waals surface area (Å²) in [6.07, 6.45) is 21.2. The van der Waals surface area contributed by atoms with Crippen LogP contribution in [-0.2, 0) is 95.5 Å². The maximum absolute atomic E-state index is 12.1. The second-order valence-corrected chi connectivity index (χ2v) is 20.7. The summed E-state index contributed by atoms with van der Waals surface area (Å²) in [5.41, 5.74) is 0. The van der Waals surface area contributed by atoms with Crippen molar-refractivity contribution in [2.45, 2.75) is 295 Å². The van der Waals surface area contributed by atoms with Crippen molar-refractivity contribution < 1.29 is 106 Å². The van der Waals surface area contributed by atoms with Crippen molar-refractivity contribution >= 4 is 83.6 Å². The van der Waals surface area contributed by atoms with E-state index in [1.165, 1.54) is 0 Å². The predicted molar refractivity (Wildman–Crippen MR) is 294 cm³/mol. The first-order valence-electron chi connectivity index (χ1n) is 30.2. The molecular weight excluding hydrogens is 1070 g/mol. The molecule has 2 N–H and O–H groups in total. The normalized spacial score (nSPS) is 10.8. The zero-order valence-electron chi connectivity index (χ0n) is 48.6. The van der Waals surface area contributed by atoms with Crippen molar-refractivity contribution in [2.75, 3.05) is 0 Å². The Kier molecular flexibility index (Phi) is 48.8. The lowest BCUT2D eigenvalue weighted by Gasteiger charge is -2.05. The quantitative estimate of drug-likeness (QED) is 0.0247. The minimum Gasteiger partial charge on any atom is -0.481 e. The SMILES string of the molecule is O=C(O)CCCCCCC(=O)OC(=O)CCCCCCCC(=O)OC(=O)CCCCCCC(=O)OC(=O)CCCCCCCCC(=O)OC(=O)CCCCCCC(=O)OC(=O)CCCCCCCC(=O)OC(=O)CCCCCCC(=O)O. The van der Waals surface area contributed by atoms with Crippen molar-refractivity contribution in [3.05, 3.63) is 0 Å². The topological polar surface area (TPSA) is 335 Å². The second kappa shape index (κ2) is 52.8. The Morgan fingerprint density at radius 1 is 0.146 bits per heavy atom. The first-order chi connectivity index (χ1) is 39.4. The smallest absolute Gasteiger partial charge is 0.313 e. The third-order valence-electron chi connectivity index (χ3n) is 13.0. The number of unbranched alkanes of at least 4 members (excludes halogenated alkanes) is 25. The monoisotopic (exact) mass is 1170 g/mol. The average molecular weight is 1170 g/mol. The van der Waals surface area contributed by atoms with E-state index >= 15 is 0 Å². The van der Waals surface area contributed by atoms with Gasteiger partial charge in [-0.2, -0.15) is 0 Å². The van der Waals surface area contributed by atoms with Gasteiger partial charge in [0.1, 0.15) is 0 Å². The first-order valence-corrected chi connectivity index (χ1v) is 30.2. The molecule has 0 aliphatic heterocycles. The van der Waals surface area contributed by atoms with Gasteiger partial charge in [0.2, 0.25) is 0 Å². The number of hydrogen-bond acceptors (Lipinski definition) is 20. The number of esters is 12. The van der Waals surface area contributed by atoms with Crippen molar-refractivity contribution in [3.8, 4) is 0 Å². The number of aliphatic carboxylic acids is 2. The van der Waals surface area contributed by atoms with E-state index in [0.717, 1.165) is 38.5 Å². The molecule has 0 bridgehead atoms. The lowest BCUT2D eigenvalue weighted by atomic mass is 10.1. The summed E-state index contributed by atoms with van der Waals surface area (Å²) in [6, 6.07) is 0. The molecule has 22 heteroatoms. The van der Waals surface area contributed by atoms with E-state index in [4.69, 9.17) is 38.6 Å². The van der Waals surface area contributed by atoms with Gasteiger partial charge in [0.05, 0.1) is 0 Å². The van der Waals surface area contributed by atoms with Gasteiger partial charge in [-0.25, -0.2) is 0 Å². The molecule has 0 amide bonds. The molecule has 0 spiro atoms. The van der Waals surface area contributed by atoms with Crippen LogP contribution in [0.1, 0.15) is 295 Å². The molecule has 0 saturated heterocycles. The summed E-state index contributed by atoms with van der Waals surface area (Å²) in [5, 5.41) is 17.2. The molecule has 0 saturated carbocycles. The summed E-state index contributed by atoms with van der Waals surface area (Å²) in [5.74, 6) is -8.87. The Labute approximate surface area is 483 Å². The van der Waals surface area contributed by atoms with E-state index in [0.29, 0.717) is 167 Å². The Balaban J connectivity index is 3.69. The molecule has 0 aliphatic carbocycles. The van der Waals surface area contributed by atoms with Crippen LogP contribution in [0.2, 0.25) is 0 Å². The summed E-state index contributed by atoms with van der Waals surface area (Å²) >= 11 is 0. The van der Waals surface area contributed by atoms with Gasteiger partial charge in [-0.1, -0.05) is 116 Å². The molecule has 82 heavy (non-hydrogen) atoms. The molecule has 0 radical (unpaired) electrons. The second-order valence-electron chi connectivity index (χ2n) is 20.7. The van der Waals surface area contributed by atoms with Gasteiger partial charge in [0, 0.05) is 89.9 Å². The van der Waals surface area contributed by atoms with Crippen LogP contribution < -0.4 is 0 Å². The molecule has 0 aromatic rings. The Morgan fingerprint density at radius 3 is 0.329 bits per heavy atom. The van der Waals surface area contributed by atoms with Crippen LogP contribution in [-0.4, -0.2) is 93.8 Å². The highest BCUT2D eigenvalue weighted by Crippen LogP contribution is 2.16. The van der Waals surface area contributed by atoms with Gasteiger partial charge in [-0.15, -0.1) is 0 Å². The zero-order chi connectivity index (χ0) is 60.9. The van der Waals surface area contributed by atoms with E-state index in [1.807, 2.05) is 0 Å². The number of carbonyl (C=O) groups excluding carboxylic acids is 12. The number of carboxylic acids is 2. The molecule has 22 nitrogen and oxygen atoms in total. The molecule has 0 fully saturated rings. The number of rotatable bonds is 53. The summed E-state index contributed by atoms with van der Waals surface area (Å²) in [4.78, 5) is 165. The zero-order valence-corrected chi connectivity index (χ0v) is 48.6. The van der Waals surface area contributed by atoms with Crippen LogP contribution in [0.3, 0.4) is 0 Å². The molecule has 0 aromatic carbocycles. The number of carbonyl (C=O) groups is 14. The molecule has 0 aromatic heterocycles. The maximum atomic E-state index is 12.1. The van der Waals surface area contributed by atoms with Gasteiger partial charge in [-0.05, 0) is 89.9 Å². The summed E-state index contributed by atoms with van der Waals surface area (Å²) in [7, 11) is 0. The minimum atomic E-state index is -0.853. The Hall–Kier alpha value is -6.22. The van der Waals surface area contributed by atoms with Crippen LogP contribution in [0.5, 0.6) is 0 Å². The van der Waals surface area contributed by atoms with Gasteiger partial charge in [0.25, 0.3) is 0 Å². The average Bonchev–Trinajstić information content (AvgIpc) is 3.40. The van der Waals surface area contributed by atoms with E-state index in [9.17, 15) is 67.1 Å². The van der Waals surface area contributed by atoms with Crippen molar-refractivity contribution in [1.82, 2.24) is 0 Å². The summed E-state index contributed by atoms with van der Waals surface area (Å²) < 4.78 is 29.1. The highest BCUT2D eigenvalue weighted by molar-refractivity contribution is 5.88. The fourth-order valence-electron chi connectivity index (χ4n) is 8.34. The fraction of sp³-hybridized carbons (Fsp3) is 0.767. The fourth-order valence-corrected chi connectivity index (χ4v) is 8.34. The van der Waals surface area contributed by atoms with E-state index in [2.05, 4.69) is 0 Å². The number of carboxylic acid groups (broad SMARTS) is 2. The molecule has 0 heterocycles. The van der Waals surface area contributed by atoms with Crippen molar-refractivity contribution in [1.29, 1.82) is 0 Å². The molecule has 0 aliphatic rings. The molecule has 0 rings (SSSR count). The Bertz CT molecular complexity index is 1800. The highest BCUT2D eigenvalue weighted by atomic mass is 16.6. The van der Waals surface area contributed by atoms with Crippen molar-refractivity contribution in [3.63, 3.8) is 0 Å². The van der Waals surface area contributed by atoms with Gasteiger partial charge >= 0.3 is 83.6 Å². The molecular formula is C60H94O22. The predicted octanol–water partition coefficient (Wildman–Crippen LogP) is 11.5. The maximum Gasteiger partial charge on any atom is 0.313 e.